The molecule has 1 aromatic heterocycles. The van der Waals surface area contributed by atoms with E-state index in [2.05, 4.69) is 10.6 Å². The van der Waals surface area contributed by atoms with Crippen LogP contribution in [0.3, 0.4) is 0 Å². The SMILES string of the molecule is CN(C)[C@@H](CNC(=O)N[C@@H]1CCOc2ccccc21)c1ccco1. The van der Waals surface area contributed by atoms with Gasteiger partial charge in [-0.3, -0.25) is 4.90 Å². The van der Waals surface area contributed by atoms with Crippen LogP contribution in [-0.4, -0.2) is 38.2 Å². The van der Waals surface area contributed by atoms with E-state index in [1.807, 2.05) is 55.4 Å². The highest BCUT2D eigenvalue weighted by Gasteiger charge is 2.23. The van der Waals surface area contributed by atoms with E-state index < -0.39 is 0 Å². The molecule has 24 heavy (non-hydrogen) atoms. The van der Waals surface area contributed by atoms with Crippen molar-refractivity contribution in [3.63, 3.8) is 0 Å². The number of hydrogen-bond donors (Lipinski definition) is 2. The van der Waals surface area contributed by atoms with Gasteiger partial charge >= 0.3 is 6.03 Å². The third kappa shape index (κ3) is 3.71. The molecule has 1 aliphatic heterocycles. The quantitative estimate of drug-likeness (QED) is 0.885. The zero-order valence-corrected chi connectivity index (χ0v) is 14.0. The molecule has 0 unspecified atom stereocenters. The summed E-state index contributed by atoms with van der Waals surface area (Å²) in [4.78, 5) is 14.3. The molecule has 0 fully saturated rings. The number of nitrogens with zero attached hydrogens (tertiary/aromatic N) is 1. The Hall–Kier alpha value is -2.47. The zero-order valence-electron chi connectivity index (χ0n) is 14.0. The molecule has 0 saturated carbocycles. The molecular weight excluding hydrogens is 306 g/mol. The van der Waals surface area contributed by atoms with Gasteiger partial charge in [-0.05, 0) is 32.3 Å². The molecule has 2 atom stereocenters. The number of carbonyl (C=O) groups excluding carboxylic acids is 1. The smallest absolute Gasteiger partial charge is 0.315 e. The van der Waals surface area contributed by atoms with Crippen LogP contribution in [0.2, 0.25) is 0 Å². The lowest BCUT2D eigenvalue weighted by Gasteiger charge is -2.27. The number of amides is 2. The number of furan rings is 1. The maximum absolute atomic E-state index is 12.3. The minimum absolute atomic E-state index is 0.00674. The Kier molecular flexibility index (Phi) is 5.05. The van der Waals surface area contributed by atoms with Gasteiger partial charge in [-0.25, -0.2) is 4.79 Å². The topological polar surface area (TPSA) is 66.7 Å². The third-order valence-corrected chi connectivity index (χ3v) is 4.21. The fourth-order valence-corrected chi connectivity index (χ4v) is 2.91. The average Bonchev–Trinajstić information content (AvgIpc) is 3.09. The van der Waals surface area contributed by atoms with Crippen molar-refractivity contribution in [2.24, 2.45) is 0 Å². The molecule has 3 rings (SSSR count). The Morgan fingerprint density at radius 2 is 2.12 bits per heavy atom. The molecule has 0 aliphatic carbocycles. The molecule has 6 heteroatoms. The van der Waals surface area contributed by atoms with Crippen LogP contribution in [0.4, 0.5) is 4.79 Å². The summed E-state index contributed by atoms with van der Waals surface area (Å²) in [5, 5.41) is 5.97. The first kappa shape index (κ1) is 16.4. The van der Waals surface area contributed by atoms with Gasteiger partial charge in [0.25, 0.3) is 0 Å². The summed E-state index contributed by atoms with van der Waals surface area (Å²) in [5.74, 6) is 1.67. The number of rotatable bonds is 5. The van der Waals surface area contributed by atoms with Gasteiger partial charge in [0.15, 0.2) is 0 Å². The number of carbonyl (C=O) groups is 1. The van der Waals surface area contributed by atoms with E-state index in [-0.39, 0.29) is 18.1 Å². The third-order valence-electron chi connectivity index (χ3n) is 4.21. The highest BCUT2D eigenvalue weighted by molar-refractivity contribution is 5.74. The van der Waals surface area contributed by atoms with Crippen molar-refractivity contribution in [2.45, 2.75) is 18.5 Å². The molecule has 6 nitrogen and oxygen atoms in total. The van der Waals surface area contributed by atoms with Gasteiger partial charge in [0.05, 0.1) is 25.0 Å². The molecule has 2 aromatic rings. The zero-order chi connectivity index (χ0) is 16.9. The maximum atomic E-state index is 12.3. The van der Waals surface area contributed by atoms with Crippen molar-refractivity contribution in [1.29, 1.82) is 0 Å². The van der Waals surface area contributed by atoms with Crippen molar-refractivity contribution in [3.05, 3.63) is 54.0 Å². The number of urea groups is 1. The number of para-hydroxylation sites is 1. The van der Waals surface area contributed by atoms with Crippen LogP contribution < -0.4 is 15.4 Å². The van der Waals surface area contributed by atoms with Crippen molar-refractivity contribution in [3.8, 4) is 5.75 Å². The van der Waals surface area contributed by atoms with E-state index in [0.29, 0.717) is 13.2 Å². The standard InChI is InChI=1S/C18H23N3O3/c1-21(2)15(17-8-5-10-23-17)12-19-18(22)20-14-9-11-24-16-7-4-3-6-13(14)16/h3-8,10,14-15H,9,11-12H2,1-2H3,(H2,19,20,22)/t14-,15+/m1/s1. The number of fused-ring (bicyclic) bond motifs is 1. The fourth-order valence-electron chi connectivity index (χ4n) is 2.91. The van der Waals surface area contributed by atoms with Crippen LogP contribution in [0.1, 0.15) is 29.8 Å². The van der Waals surface area contributed by atoms with Crippen LogP contribution in [0, 0.1) is 0 Å². The molecule has 2 N–H and O–H groups in total. The number of likely N-dealkylation sites (N-methyl/N-ethyl adjacent to an activating group) is 1. The van der Waals surface area contributed by atoms with Gasteiger partial charge in [-0.15, -0.1) is 0 Å². The maximum Gasteiger partial charge on any atom is 0.315 e. The van der Waals surface area contributed by atoms with Gasteiger partial charge in [0, 0.05) is 18.5 Å². The highest BCUT2D eigenvalue weighted by Crippen LogP contribution is 2.31. The normalized spacial score (nSPS) is 17.7. The number of nitrogens with one attached hydrogen (secondary N) is 2. The molecule has 0 radical (unpaired) electrons. The van der Waals surface area contributed by atoms with E-state index in [1.165, 1.54) is 0 Å². The predicted molar refractivity (Wildman–Crippen MR) is 91.0 cm³/mol. The van der Waals surface area contributed by atoms with Gasteiger partial charge in [0.2, 0.25) is 0 Å². The van der Waals surface area contributed by atoms with Crippen LogP contribution in [0.5, 0.6) is 5.75 Å². The number of benzene rings is 1. The van der Waals surface area contributed by atoms with Crippen LogP contribution >= 0.6 is 0 Å². The van der Waals surface area contributed by atoms with Crippen molar-refractivity contribution in [1.82, 2.24) is 15.5 Å². The largest absolute Gasteiger partial charge is 0.493 e. The Balaban J connectivity index is 1.58. The fraction of sp³-hybridized carbons (Fsp3) is 0.389. The van der Waals surface area contributed by atoms with Crippen molar-refractivity contribution < 1.29 is 13.9 Å². The Morgan fingerprint density at radius 1 is 1.29 bits per heavy atom. The average molecular weight is 329 g/mol. The molecule has 128 valence electrons. The van der Waals surface area contributed by atoms with E-state index >= 15 is 0 Å². The summed E-state index contributed by atoms with van der Waals surface area (Å²) < 4.78 is 11.1. The second-order valence-corrected chi connectivity index (χ2v) is 6.08. The molecule has 2 amide bonds. The second kappa shape index (κ2) is 7.40. The predicted octanol–water partition coefficient (Wildman–Crippen LogP) is 2.71. The van der Waals surface area contributed by atoms with E-state index in [9.17, 15) is 4.79 Å². The Bertz CT molecular complexity index is 670. The van der Waals surface area contributed by atoms with E-state index in [4.69, 9.17) is 9.15 Å². The molecule has 0 spiro atoms. The van der Waals surface area contributed by atoms with E-state index in [0.717, 1.165) is 23.5 Å². The molecule has 1 aromatic carbocycles. The lowest BCUT2D eigenvalue weighted by atomic mass is 10.0. The first-order valence-corrected chi connectivity index (χ1v) is 8.11. The number of hydrogen-bond acceptors (Lipinski definition) is 4. The van der Waals surface area contributed by atoms with Gasteiger partial charge < -0.3 is 19.8 Å². The van der Waals surface area contributed by atoms with Gasteiger partial charge in [-0.2, -0.15) is 0 Å². The molecular formula is C18H23N3O3. The monoisotopic (exact) mass is 329 g/mol. The van der Waals surface area contributed by atoms with E-state index in [1.54, 1.807) is 6.26 Å². The summed E-state index contributed by atoms with van der Waals surface area (Å²) in [5.41, 5.74) is 1.02. The summed E-state index contributed by atoms with van der Waals surface area (Å²) in [7, 11) is 3.92. The molecule has 0 saturated heterocycles. The van der Waals surface area contributed by atoms with Crippen LogP contribution in [0.15, 0.2) is 47.1 Å². The molecule has 2 heterocycles. The second-order valence-electron chi connectivity index (χ2n) is 6.08. The summed E-state index contributed by atoms with van der Waals surface area (Å²) in [6.45, 7) is 1.08. The lowest BCUT2D eigenvalue weighted by molar-refractivity contribution is 0.214. The first-order valence-electron chi connectivity index (χ1n) is 8.11. The minimum Gasteiger partial charge on any atom is -0.493 e. The summed E-state index contributed by atoms with van der Waals surface area (Å²) in [6, 6.07) is 11.4. The van der Waals surface area contributed by atoms with Gasteiger partial charge in [-0.1, -0.05) is 18.2 Å². The van der Waals surface area contributed by atoms with Gasteiger partial charge in [0.1, 0.15) is 11.5 Å². The highest BCUT2D eigenvalue weighted by atomic mass is 16.5. The molecule has 0 bridgehead atoms. The minimum atomic E-state index is -0.185. The van der Waals surface area contributed by atoms with Crippen LogP contribution in [0.25, 0.3) is 0 Å². The molecule has 1 aliphatic rings. The lowest BCUT2D eigenvalue weighted by Crippen LogP contribution is -2.42. The summed E-state index contributed by atoms with van der Waals surface area (Å²) >= 11 is 0. The van der Waals surface area contributed by atoms with Crippen molar-refractivity contribution in [2.75, 3.05) is 27.2 Å². The first-order chi connectivity index (χ1) is 11.6. The van der Waals surface area contributed by atoms with Crippen LogP contribution in [-0.2, 0) is 0 Å². The Morgan fingerprint density at radius 3 is 2.88 bits per heavy atom. The van der Waals surface area contributed by atoms with Crippen molar-refractivity contribution >= 4 is 6.03 Å². The summed E-state index contributed by atoms with van der Waals surface area (Å²) in [6.07, 6.45) is 2.41. The number of ether oxygens (including phenoxy) is 1. The Labute approximate surface area is 141 Å².